The summed E-state index contributed by atoms with van der Waals surface area (Å²) in [5.74, 6) is 2.52. The zero-order valence-electron chi connectivity index (χ0n) is 16.1. The third-order valence-corrected chi connectivity index (χ3v) is 6.22. The molecule has 1 saturated carbocycles. The van der Waals surface area contributed by atoms with E-state index in [1.807, 2.05) is 31.2 Å². The number of aryl methyl sites for hydroxylation is 1. The van der Waals surface area contributed by atoms with E-state index in [-0.39, 0.29) is 17.8 Å². The Labute approximate surface area is 160 Å². The standard InChI is InChI=1S/C21H28N2O2S/c1-13(2)16-10-9-14(3)11-19(16)25-20(24)12-26-21-17-7-5-6-8-18(17)22-15(4)23-21/h5-8,13-14,16,19H,9-12H2,1-4H3/t14-,16+,19+/m0/s1. The smallest absolute Gasteiger partial charge is 0.316 e. The van der Waals surface area contributed by atoms with Gasteiger partial charge in [-0.15, -0.1) is 0 Å². The van der Waals surface area contributed by atoms with Crippen molar-refractivity contribution in [2.45, 2.75) is 58.1 Å². The van der Waals surface area contributed by atoms with E-state index < -0.39 is 0 Å². The van der Waals surface area contributed by atoms with Gasteiger partial charge in [-0.3, -0.25) is 4.79 Å². The van der Waals surface area contributed by atoms with Crippen molar-refractivity contribution in [3.05, 3.63) is 30.1 Å². The van der Waals surface area contributed by atoms with Crippen molar-refractivity contribution >= 4 is 28.6 Å². The third kappa shape index (κ3) is 4.56. The van der Waals surface area contributed by atoms with E-state index in [1.165, 1.54) is 18.2 Å². The zero-order valence-corrected chi connectivity index (χ0v) is 16.9. The predicted octanol–water partition coefficient (Wildman–Crippen LogP) is 5.03. The molecular formula is C21H28N2O2S. The predicted molar refractivity (Wildman–Crippen MR) is 106 cm³/mol. The average Bonchev–Trinajstić information content (AvgIpc) is 2.59. The van der Waals surface area contributed by atoms with Gasteiger partial charge in [-0.1, -0.05) is 57.2 Å². The molecule has 26 heavy (non-hydrogen) atoms. The summed E-state index contributed by atoms with van der Waals surface area (Å²) < 4.78 is 5.90. The Morgan fingerprint density at radius 1 is 1.27 bits per heavy atom. The molecule has 0 saturated heterocycles. The Bertz CT molecular complexity index is 778. The molecule has 0 radical (unpaired) electrons. The van der Waals surface area contributed by atoms with Crippen LogP contribution in [-0.4, -0.2) is 27.8 Å². The van der Waals surface area contributed by atoms with Gasteiger partial charge in [-0.05, 0) is 43.6 Å². The lowest BCUT2D eigenvalue weighted by Crippen LogP contribution is -2.36. The molecule has 1 aromatic carbocycles. The highest BCUT2D eigenvalue weighted by atomic mass is 32.2. The van der Waals surface area contributed by atoms with Gasteiger partial charge < -0.3 is 4.74 Å². The van der Waals surface area contributed by atoms with E-state index in [1.54, 1.807) is 0 Å². The Morgan fingerprint density at radius 2 is 2.04 bits per heavy atom. The molecule has 0 N–H and O–H groups in total. The van der Waals surface area contributed by atoms with Crippen LogP contribution in [-0.2, 0) is 9.53 Å². The Morgan fingerprint density at radius 3 is 2.81 bits per heavy atom. The van der Waals surface area contributed by atoms with Gasteiger partial charge in [0.1, 0.15) is 17.0 Å². The first-order valence-electron chi connectivity index (χ1n) is 9.49. The number of carbonyl (C=O) groups is 1. The van der Waals surface area contributed by atoms with Crippen molar-refractivity contribution in [1.29, 1.82) is 0 Å². The van der Waals surface area contributed by atoms with Gasteiger partial charge >= 0.3 is 5.97 Å². The van der Waals surface area contributed by atoms with E-state index >= 15 is 0 Å². The van der Waals surface area contributed by atoms with Crippen LogP contribution < -0.4 is 0 Å². The highest BCUT2D eigenvalue weighted by molar-refractivity contribution is 8.00. The molecule has 3 atom stereocenters. The second-order valence-corrected chi connectivity index (χ2v) is 8.70. The van der Waals surface area contributed by atoms with Crippen molar-refractivity contribution in [2.24, 2.45) is 17.8 Å². The van der Waals surface area contributed by atoms with Crippen LogP contribution in [0.15, 0.2) is 29.3 Å². The van der Waals surface area contributed by atoms with E-state index in [0.29, 0.717) is 17.8 Å². The summed E-state index contributed by atoms with van der Waals surface area (Å²) in [7, 11) is 0. The summed E-state index contributed by atoms with van der Waals surface area (Å²) in [4.78, 5) is 21.5. The van der Waals surface area contributed by atoms with Crippen LogP contribution in [0.4, 0.5) is 0 Å². The van der Waals surface area contributed by atoms with Gasteiger partial charge in [0.05, 0.1) is 11.3 Å². The van der Waals surface area contributed by atoms with E-state index in [2.05, 4.69) is 30.7 Å². The van der Waals surface area contributed by atoms with Crippen molar-refractivity contribution in [3.63, 3.8) is 0 Å². The fraction of sp³-hybridized carbons (Fsp3) is 0.571. The summed E-state index contributed by atoms with van der Waals surface area (Å²) in [6.07, 6.45) is 3.42. The molecule has 140 valence electrons. The number of hydrogen-bond donors (Lipinski definition) is 0. The van der Waals surface area contributed by atoms with Gasteiger partial charge in [0, 0.05) is 5.39 Å². The Balaban J connectivity index is 1.65. The zero-order chi connectivity index (χ0) is 18.7. The van der Waals surface area contributed by atoms with Crippen LogP contribution >= 0.6 is 11.8 Å². The maximum absolute atomic E-state index is 12.5. The van der Waals surface area contributed by atoms with Crippen molar-refractivity contribution in [1.82, 2.24) is 9.97 Å². The molecule has 5 heteroatoms. The van der Waals surface area contributed by atoms with Gasteiger partial charge in [0.25, 0.3) is 0 Å². The van der Waals surface area contributed by atoms with Crippen molar-refractivity contribution in [3.8, 4) is 0 Å². The normalized spacial score (nSPS) is 23.3. The molecule has 1 aliphatic rings. The van der Waals surface area contributed by atoms with E-state index in [0.717, 1.165) is 34.6 Å². The lowest BCUT2D eigenvalue weighted by atomic mass is 9.75. The van der Waals surface area contributed by atoms with Gasteiger partial charge in [0.15, 0.2) is 0 Å². The maximum atomic E-state index is 12.5. The number of ether oxygens (including phenoxy) is 1. The molecule has 0 bridgehead atoms. The fourth-order valence-electron chi connectivity index (χ4n) is 3.85. The number of rotatable bonds is 5. The first-order valence-corrected chi connectivity index (χ1v) is 10.5. The average molecular weight is 373 g/mol. The fourth-order valence-corrected chi connectivity index (χ4v) is 4.70. The first kappa shape index (κ1) is 19.2. The Hall–Kier alpha value is -1.62. The van der Waals surface area contributed by atoms with E-state index in [4.69, 9.17) is 4.74 Å². The lowest BCUT2D eigenvalue weighted by Gasteiger charge is -2.36. The molecule has 2 aromatic rings. The molecule has 0 aliphatic heterocycles. The Kier molecular flexibility index (Phi) is 6.17. The first-order chi connectivity index (χ1) is 12.4. The number of thioether (sulfide) groups is 1. The molecule has 1 heterocycles. The number of para-hydroxylation sites is 1. The quantitative estimate of drug-likeness (QED) is 0.418. The largest absolute Gasteiger partial charge is 0.461 e. The number of hydrogen-bond acceptors (Lipinski definition) is 5. The van der Waals surface area contributed by atoms with Gasteiger partial charge in [-0.2, -0.15) is 0 Å². The summed E-state index contributed by atoms with van der Waals surface area (Å²) in [6, 6.07) is 7.91. The maximum Gasteiger partial charge on any atom is 0.316 e. The van der Waals surface area contributed by atoms with Crippen molar-refractivity contribution < 1.29 is 9.53 Å². The second-order valence-electron chi connectivity index (χ2n) is 7.74. The SMILES string of the molecule is Cc1nc(SCC(=O)O[C@@H]2C[C@@H](C)CC[C@@H]2C(C)C)c2ccccc2n1. The molecule has 1 fully saturated rings. The molecule has 0 amide bonds. The molecular weight excluding hydrogens is 344 g/mol. The minimum Gasteiger partial charge on any atom is -0.461 e. The monoisotopic (exact) mass is 372 g/mol. The number of fused-ring (bicyclic) bond motifs is 1. The molecule has 0 unspecified atom stereocenters. The van der Waals surface area contributed by atoms with Crippen LogP contribution in [0, 0.1) is 24.7 Å². The molecule has 0 spiro atoms. The summed E-state index contributed by atoms with van der Waals surface area (Å²) in [5, 5.41) is 1.84. The summed E-state index contributed by atoms with van der Waals surface area (Å²) in [6.45, 7) is 8.59. The number of aromatic nitrogens is 2. The number of nitrogens with zero attached hydrogens (tertiary/aromatic N) is 2. The number of benzene rings is 1. The highest BCUT2D eigenvalue weighted by Crippen LogP contribution is 2.35. The van der Waals surface area contributed by atoms with E-state index in [9.17, 15) is 4.79 Å². The number of carbonyl (C=O) groups excluding carboxylic acids is 1. The van der Waals surface area contributed by atoms with Crippen LogP contribution in [0.2, 0.25) is 0 Å². The minimum atomic E-state index is -0.139. The van der Waals surface area contributed by atoms with Crippen LogP contribution in [0.1, 0.15) is 45.9 Å². The highest BCUT2D eigenvalue weighted by Gasteiger charge is 2.33. The van der Waals surface area contributed by atoms with Crippen LogP contribution in [0.3, 0.4) is 0 Å². The lowest BCUT2D eigenvalue weighted by molar-refractivity contribution is -0.152. The minimum absolute atomic E-state index is 0.0516. The second kappa shape index (κ2) is 8.38. The van der Waals surface area contributed by atoms with Crippen LogP contribution in [0.5, 0.6) is 0 Å². The molecule has 1 aliphatic carbocycles. The summed E-state index contributed by atoms with van der Waals surface area (Å²) >= 11 is 1.45. The van der Waals surface area contributed by atoms with Crippen molar-refractivity contribution in [2.75, 3.05) is 5.75 Å². The van der Waals surface area contributed by atoms with Gasteiger partial charge in [-0.25, -0.2) is 9.97 Å². The molecule has 3 rings (SSSR count). The topological polar surface area (TPSA) is 52.1 Å². The van der Waals surface area contributed by atoms with Crippen LogP contribution in [0.25, 0.3) is 10.9 Å². The molecule has 1 aromatic heterocycles. The third-order valence-electron chi connectivity index (χ3n) is 5.25. The van der Waals surface area contributed by atoms with Gasteiger partial charge in [0.2, 0.25) is 0 Å². The summed E-state index contributed by atoms with van der Waals surface area (Å²) in [5.41, 5.74) is 0.914. The molecule has 4 nitrogen and oxygen atoms in total. The number of esters is 1.